The van der Waals surface area contributed by atoms with Crippen molar-refractivity contribution in [2.24, 2.45) is 0 Å². The number of nitrogens with one attached hydrogen (secondary N) is 2. The van der Waals surface area contributed by atoms with Gasteiger partial charge in [0, 0.05) is 19.2 Å². The molecular weight excluding hydrogens is 274 g/mol. The molecule has 0 saturated carbocycles. The van der Waals surface area contributed by atoms with E-state index in [0.717, 1.165) is 12.1 Å². The Morgan fingerprint density at radius 1 is 1.32 bits per heavy atom. The quantitative estimate of drug-likeness (QED) is 0.708. The van der Waals surface area contributed by atoms with Gasteiger partial charge in [-0.25, -0.2) is 8.78 Å². The van der Waals surface area contributed by atoms with Gasteiger partial charge in [-0.15, -0.1) is 0 Å². The van der Waals surface area contributed by atoms with Gasteiger partial charge in [0.25, 0.3) is 0 Å². The maximum Gasteiger partial charge on any atom is 0.243 e. The second-order valence-corrected chi connectivity index (χ2v) is 4.27. The summed E-state index contributed by atoms with van der Waals surface area (Å²) in [5.41, 5.74) is 0.424. The summed E-state index contributed by atoms with van der Waals surface area (Å²) in [7, 11) is 0. The van der Waals surface area contributed by atoms with Crippen LogP contribution in [0.25, 0.3) is 0 Å². The first-order valence-corrected chi connectivity index (χ1v) is 6.17. The van der Waals surface area contributed by atoms with E-state index in [4.69, 9.17) is 0 Å². The van der Waals surface area contributed by atoms with Gasteiger partial charge in [-0.3, -0.25) is 9.59 Å². The second kappa shape index (κ2) is 7.08. The molecule has 19 heavy (non-hydrogen) atoms. The van der Waals surface area contributed by atoms with E-state index in [1.807, 2.05) is 0 Å². The Kier molecular flexibility index (Phi) is 5.75. The second-order valence-electron chi connectivity index (χ2n) is 3.90. The average Bonchev–Trinajstić information content (AvgIpc) is 2.36. The van der Waals surface area contributed by atoms with E-state index in [1.165, 1.54) is 13.0 Å². The zero-order chi connectivity index (χ0) is 14.4. The molecule has 1 rings (SSSR count). The van der Waals surface area contributed by atoms with E-state index in [-0.39, 0.29) is 18.2 Å². The Morgan fingerprint density at radius 3 is 2.53 bits per heavy atom. The van der Waals surface area contributed by atoms with Crippen molar-refractivity contribution in [1.29, 1.82) is 0 Å². The van der Waals surface area contributed by atoms with Crippen molar-refractivity contribution in [2.75, 3.05) is 5.75 Å². The van der Waals surface area contributed by atoms with Crippen LogP contribution in [0.3, 0.4) is 0 Å². The molecule has 0 fully saturated rings. The van der Waals surface area contributed by atoms with Crippen molar-refractivity contribution < 1.29 is 18.4 Å². The molecule has 1 aromatic rings. The third kappa shape index (κ3) is 4.86. The Bertz CT molecular complexity index is 483. The predicted molar refractivity (Wildman–Crippen MR) is 69.7 cm³/mol. The molecule has 104 valence electrons. The maximum atomic E-state index is 12.9. The molecule has 2 N–H and O–H groups in total. The van der Waals surface area contributed by atoms with Gasteiger partial charge in [0.05, 0.1) is 0 Å². The van der Waals surface area contributed by atoms with Crippen molar-refractivity contribution >= 4 is 24.4 Å². The molecule has 0 aliphatic rings. The van der Waals surface area contributed by atoms with Crippen LogP contribution in [0.5, 0.6) is 0 Å². The number of carbonyl (C=O) groups is 2. The van der Waals surface area contributed by atoms with Gasteiger partial charge in [0.2, 0.25) is 11.8 Å². The summed E-state index contributed by atoms with van der Waals surface area (Å²) < 4.78 is 25.6. The zero-order valence-electron chi connectivity index (χ0n) is 10.2. The number of rotatable bonds is 5. The number of carbonyl (C=O) groups excluding carboxylic acids is 2. The number of thiol groups is 1. The molecule has 0 radical (unpaired) electrons. The summed E-state index contributed by atoms with van der Waals surface area (Å²) in [6.45, 7) is 1.33. The van der Waals surface area contributed by atoms with Crippen LogP contribution < -0.4 is 10.6 Å². The van der Waals surface area contributed by atoms with Crippen molar-refractivity contribution in [3.05, 3.63) is 35.4 Å². The summed E-state index contributed by atoms with van der Waals surface area (Å²) >= 11 is 3.95. The van der Waals surface area contributed by atoms with Gasteiger partial charge < -0.3 is 10.6 Å². The molecule has 2 amide bonds. The molecule has 1 aromatic carbocycles. The van der Waals surface area contributed by atoms with Crippen LogP contribution in [0.1, 0.15) is 12.5 Å². The molecule has 4 nitrogen and oxygen atoms in total. The SMILES string of the molecule is CC(=O)NC(CS)C(=O)NCc1ccc(F)c(F)c1. The van der Waals surface area contributed by atoms with E-state index in [2.05, 4.69) is 23.3 Å². The first kappa shape index (κ1) is 15.4. The molecule has 0 aromatic heterocycles. The van der Waals surface area contributed by atoms with Gasteiger partial charge in [-0.1, -0.05) is 6.07 Å². The van der Waals surface area contributed by atoms with Gasteiger partial charge in [-0.05, 0) is 17.7 Å². The van der Waals surface area contributed by atoms with Crippen LogP contribution in [-0.2, 0) is 16.1 Å². The molecular formula is C12H14F2N2O2S. The standard InChI is InChI=1S/C12H14F2N2O2S/c1-7(17)16-11(6-19)12(18)15-5-8-2-3-9(13)10(14)4-8/h2-4,11,19H,5-6H2,1H3,(H,15,18)(H,16,17). The van der Waals surface area contributed by atoms with Gasteiger partial charge in [0.1, 0.15) is 6.04 Å². The van der Waals surface area contributed by atoms with Crippen LogP contribution in [0.2, 0.25) is 0 Å². The first-order chi connectivity index (χ1) is 8.93. The van der Waals surface area contributed by atoms with Crippen molar-refractivity contribution in [3.63, 3.8) is 0 Å². The molecule has 0 aliphatic heterocycles. The molecule has 0 saturated heterocycles. The highest BCUT2D eigenvalue weighted by Gasteiger charge is 2.17. The third-order valence-corrected chi connectivity index (χ3v) is 2.69. The Labute approximate surface area is 115 Å². The van der Waals surface area contributed by atoms with E-state index in [1.54, 1.807) is 0 Å². The number of hydrogen-bond acceptors (Lipinski definition) is 3. The molecule has 1 unspecified atom stereocenters. The number of halogens is 2. The molecule has 1 atom stereocenters. The minimum absolute atomic E-state index is 0.0416. The fraction of sp³-hybridized carbons (Fsp3) is 0.333. The van der Waals surface area contributed by atoms with E-state index in [0.29, 0.717) is 5.56 Å². The Hall–Kier alpha value is -1.63. The summed E-state index contributed by atoms with van der Waals surface area (Å²) in [6, 6.07) is 2.60. The first-order valence-electron chi connectivity index (χ1n) is 5.53. The summed E-state index contributed by atoms with van der Waals surface area (Å²) in [5, 5.41) is 4.93. The molecule has 0 heterocycles. The molecule has 7 heteroatoms. The van der Waals surface area contributed by atoms with Crippen molar-refractivity contribution in [1.82, 2.24) is 10.6 Å². The minimum Gasteiger partial charge on any atom is -0.350 e. The highest BCUT2D eigenvalue weighted by atomic mass is 32.1. The Balaban J connectivity index is 2.57. The van der Waals surface area contributed by atoms with E-state index in [9.17, 15) is 18.4 Å². The lowest BCUT2D eigenvalue weighted by Gasteiger charge is -2.15. The Morgan fingerprint density at radius 2 is 2.00 bits per heavy atom. The topological polar surface area (TPSA) is 58.2 Å². The highest BCUT2D eigenvalue weighted by molar-refractivity contribution is 7.80. The summed E-state index contributed by atoms with van der Waals surface area (Å²) in [6.07, 6.45) is 0. The smallest absolute Gasteiger partial charge is 0.243 e. The third-order valence-electron chi connectivity index (χ3n) is 2.33. The lowest BCUT2D eigenvalue weighted by molar-refractivity contribution is -0.127. The average molecular weight is 288 g/mol. The van der Waals surface area contributed by atoms with Gasteiger partial charge in [-0.2, -0.15) is 12.6 Å². The fourth-order valence-corrected chi connectivity index (χ4v) is 1.66. The largest absolute Gasteiger partial charge is 0.350 e. The maximum absolute atomic E-state index is 12.9. The van der Waals surface area contributed by atoms with Crippen LogP contribution in [0.4, 0.5) is 8.78 Å². The van der Waals surface area contributed by atoms with Crippen LogP contribution >= 0.6 is 12.6 Å². The monoisotopic (exact) mass is 288 g/mol. The van der Waals surface area contributed by atoms with Crippen molar-refractivity contribution in [2.45, 2.75) is 19.5 Å². The molecule has 0 bridgehead atoms. The predicted octanol–water partition coefficient (Wildman–Crippen LogP) is 1.02. The highest BCUT2D eigenvalue weighted by Crippen LogP contribution is 2.08. The van der Waals surface area contributed by atoms with Crippen LogP contribution in [-0.4, -0.2) is 23.6 Å². The van der Waals surface area contributed by atoms with Crippen LogP contribution in [0.15, 0.2) is 18.2 Å². The normalized spacial score (nSPS) is 11.8. The minimum atomic E-state index is -0.973. The fourth-order valence-electron chi connectivity index (χ4n) is 1.40. The van der Waals surface area contributed by atoms with E-state index >= 15 is 0 Å². The lowest BCUT2D eigenvalue weighted by Crippen LogP contribution is -2.47. The summed E-state index contributed by atoms with van der Waals surface area (Å²) in [4.78, 5) is 22.5. The van der Waals surface area contributed by atoms with Gasteiger partial charge >= 0.3 is 0 Å². The number of hydrogen-bond donors (Lipinski definition) is 3. The summed E-state index contributed by atoms with van der Waals surface area (Å²) in [5.74, 6) is -2.55. The molecule has 0 aliphatic carbocycles. The molecule has 0 spiro atoms. The number of amides is 2. The zero-order valence-corrected chi connectivity index (χ0v) is 11.1. The van der Waals surface area contributed by atoms with Crippen molar-refractivity contribution in [3.8, 4) is 0 Å². The van der Waals surface area contributed by atoms with Crippen LogP contribution in [0, 0.1) is 11.6 Å². The van der Waals surface area contributed by atoms with Gasteiger partial charge in [0.15, 0.2) is 11.6 Å². The lowest BCUT2D eigenvalue weighted by atomic mass is 10.2. The van der Waals surface area contributed by atoms with E-state index < -0.39 is 23.6 Å². The number of benzene rings is 1.